The third-order valence-electron chi connectivity index (χ3n) is 1.68. The van der Waals surface area contributed by atoms with Crippen molar-refractivity contribution in [3.63, 3.8) is 0 Å². The van der Waals surface area contributed by atoms with Crippen molar-refractivity contribution in [1.82, 2.24) is 0 Å². The molecular formula is C8H6Br2N2. The van der Waals surface area contributed by atoms with Gasteiger partial charge in [-0.2, -0.15) is 0 Å². The van der Waals surface area contributed by atoms with Gasteiger partial charge >= 0.3 is 0 Å². The zero-order valence-corrected chi connectivity index (χ0v) is 9.39. The standard InChI is InChI=1S/C8H6Br2N2/c9-5-3-7-8(4-6(5)10)12-2-1-11-7/h3-4H,1-2H2. The molecule has 0 bridgehead atoms. The van der Waals surface area contributed by atoms with Gasteiger partial charge in [0.1, 0.15) is 0 Å². The molecule has 1 aliphatic heterocycles. The van der Waals surface area contributed by atoms with Crippen molar-refractivity contribution in [2.75, 3.05) is 13.1 Å². The minimum atomic E-state index is 0.807. The first kappa shape index (κ1) is 8.38. The number of halogens is 2. The molecule has 0 spiro atoms. The van der Waals surface area contributed by atoms with Crippen molar-refractivity contribution in [3.8, 4) is 0 Å². The molecule has 0 aromatic heterocycles. The molecule has 0 atom stereocenters. The fraction of sp³-hybridized carbons (Fsp3) is 0.250. The van der Waals surface area contributed by atoms with Crippen molar-refractivity contribution in [2.24, 2.45) is 9.98 Å². The smallest absolute Gasteiger partial charge is 0.0839 e. The molecule has 1 heterocycles. The van der Waals surface area contributed by atoms with Gasteiger partial charge in [0.05, 0.1) is 23.8 Å². The van der Waals surface area contributed by atoms with E-state index in [1.165, 1.54) is 0 Å². The van der Waals surface area contributed by atoms with Gasteiger partial charge < -0.3 is 0 Å². The van der Waals surface area contributed by atoms with E-state index >= 15 is 0 Å². The van der Waals surface area contributed by atoms with Crippen molar-refractivity contribution in [1.29, 1.82) is 0 Å². The Hall–Kier alpha value is -0.220. The average molecular weight is 290 g/mol. The molecule has 62 valence electrons. The monoisotopic (exact) mass is 288 g/mol. The van der Waals surface area contributed by atoms with E-state index in [2.05, 4.69) is 41.8 Å². The fourth-order valence-corrected chi connectivity index (χ4v) is 1.78. The van der Waals surface area contributed by atoms with E-state index in [0.29, 0.717) is 0 Å². The second-order valence-corrected chi connectivity index (χ2v) is 4.23. The lowest BCUT2D eigenvalue weighted by molar-refractivity contribution is 0.863. The summed E-state index contributed by atoms with van der Waals surface area (Å²) in [7, 11) is 0. The molecule has 0 fully saturated rings. The first-order valence-electron chi connectivity index (χ1n) is 3.61. The van der Waals surface area contributed by atoms with Crippen molar-refractivity contribution >= 4 is 31.9 Å². The van der Waals surface area contributed by atoms with Gasteiger partial charge in [0.15, 0.2) is 0 Å². The first-order chi connectivity index (χ1) is 5.77. The van der Waals surface area contributed by atoms with Gasteiger partial charge in [0.25, 0.3) is 0 Å². The highest BCUT2D eigenvalue weighted by atomic mass is 79.9. The molecular weight excluding hydrogens is 284 g/mol. The van der Waals surface area contributed by atoms with Crippen LogP contribution in [0.4, 0.5) is 0 Å². The molecule has 2 nitrogen and oxygen atoms in total. The van der Waals surface area contributed by atoms with Crippen LogP contribution < -0.4 is 10.7 Å². The second-order valence-electron chi connectivity index (χ2n) is 2.52. The van der Waals surface area contributed by atoms with Crippen LogP contribution in [0.25, 0.3) is 0 Å². The summed E-state index contributed by atoms with van der Waals surface area (Å²) in [5, 5.41) is 1.97. The first-order valence-corrected chi connectivity index (χ1v) is 5.20. The fourth-order valence-electron chi connectivity index (χ4n) is 1.12. The number of benzene rings is 1. The minimum Gasteiger partial charge on any atom is -0.281 e. The van der Waals surface area contributed by atoms with E-state index in [-0.39, 0.29) is 0 Å². The molecule has 0 amide bonds. The molecule has 0 N–H and O–H groups in total. The van der Waals surface area contributed by atoms with Gasteiger partial charge in [0, 0.05) is 8.95 Å². The molecule has 0 unspecified atom stereocenters. The van der Waals surface area contributed by atoms with E-state index in [1.807, 2.05) is 12.1 Å². The Kier molecular flexibility index (Phi) is 2.28. The van der Waals surface area contributed by atoms with Crippen LogP contribution >= 0.6 is 31.9 Å². The minimum absolute atomic E-state index is 0.807. The van der Waals surface area contributed by atoms with Crippen LogP contribution in [-0.2, 0) is 0 Å². The molecule has 0 aliphatic carbocycles. The molecule has 1 aromatic rings. The van der Waals surface area contributed by atoms with Gasteiger partial charge in [-0.1, -0.05) is 0 Å². The lowest BCUT2D eigenvalue weighted by Gasteiger charge is -2.00. The predicted molar refractivity (Wildman–Crippen MR) is 53.9 cm³/mol. The second kappa shape index (κ2) is 3.26. The summed E-state index contributed by atoms with van der Waals surface area (Å²) in [5.41, 5.74) is 0. The van der Waals surface area contributed by atoms with Crippen LogP contribution in [-0.4, -0.2) is 13.1 Å². The van der Waals surface area contributed by atoms with Crippen LogP contribution in [0, 0.1) is 0 Å². The summed E-state index contributed by atoms with van der Waals surface area (Å²) in [5.74, 6) is 0. The van der Waals surface area contributed by atoms with E-state index in [4.69, 9.17) is 0 Å². The molecule has 0 saturated heterocycles. The molecule has 0 radical (unpaired) electrons. The Balaban J connectivity index is 2.82. The highest BCUT2D eigenvalue weighted by Gasteiger charge is 2.00. The van der Waals surface area contributed by atoms with Gasteiger partial charge in [-0.3, -0.25) is 9.98 Å². The largest absolute Gasteiger partial charge is 0.281 e. The topological polar surface area (TPSA) is 24.7 Å². The SMILES string of the molecule is Brc1cc2c(cc1Br)=NCCN=2. The molecule has 1 aromatic carbocycles. The summed E-state index contributed by atoms with van der Waals surface area (Å²) in [6, 6.07) is 3.98. The zero-order chi connectivity index (χ0) is 8.55. The normalized spacial score (nSPS) is 14.5. The van der Waals surface area contributed by atoms with Gasteiger partial charge in [-0.25, -0.2) is 0 Å². The summed E-state index contributed by atoms with van der Waals surface area (Å²) in [6.45, 7) is 1.61. The summed E-state index contributed by atoms with van der Waals surface area (Å²) in [4.78, 5) is 8.70. The van der Waals surface area contributed by atoms with E-state index < -0.39 is 0 Å². The Morgan fingerprint density at radius 2 is 1.33 bits per heavy atom. The van der Waals surface area contributed by atoms with Crippen molar-refractivity contribution in [2.45, 2.75) is 0 Å². The summed E-state index contributed by atoms with van der Waals surface area (Å²) in [6.07, 6.45) is 0. The Labute approximate surface area is 86.7 Å². The molecule has 0 saturated carbocycles. The number of hydrogen-bond donors (Lipinski definition) is 0. The van der Waals surface area contributed by atoms with E-state index in [0.717, 1.165) is 32.7 Å². The average Bonchev–Trinajstić information content (AvgIpc) is 2.07. The van der Waals surface area contributed by atoms with Crippen LogP contribution in [0.2, 0.25) is 0 Å². The van der Waals surface area contributed by atoms with Crippen LogP contribution in [0.1, 0.15) is 0 Å². The maximum Gasteiger partial charge on any atom is 0.0839 e. The Morgan fingerprint density at radius 1 is 0.917 bits per heavy atom. The van der Waals surface area contributed by atoms with Gasteiger partial charge in [0.2, 0.25) is 0 Å². The quantitative estimate of drug-likeness (QED) is 0.691. The third kappa shape index (κ3) is 1.45. The number of hydrogen-bond acceptors (Lipinski definition) is 2. The van der Waals surface area contributed by atoms with Crippen molar-refractivity contribution in [3.05, 3.63) is 31.8 Å². The van der Waals surface area contributed by atoms with Crippen LogP contribution in [0.3, 0.4) is 0 Å². The van der Waals surface area contributed by atoms with Crippen LogP contribution in [0.5, 0.6) is 0 Å². The maximum atomic E-state index is 4.35. The lowest BCUT2D eigenvalue weighted by atomic mass is 10.3. The Morgan fingerprint density at radius 3 is 1.75 bits per heavy atom. The summed E-state index contributed by atoms with van der Waals surface area (Å²) < 4.78 is 2.06. The van der Waals surface area contributed by atoms with Gasteiger partial charge in [-0.15, -0.1) is 0 Å². The molecule has 4 heteroatoms. The maximum absolute atomic E-state index is 4.35. The predicted octanol–water partition coefficient (Wildman–Crippen LogP) is 1.46. The highest BCUT2D eigenvalue weighted by molar-refractivity contribution is 9.13. The lowest BCUT2D eigenvalue weighted by Crippen LogP contribution is -2.29. The third-order valence-corrected chi connectivity index (χ3v) is 3.53. The highest BCUT2D eigenvalue weighted by Crippen LogP contribution is 2.18. The number of nitrogens with zero attached hydrogens (tertiary/aromatic N) is 2. The zero-order valence-electron chi connectivity index (χ0n) is 6.22. The van der Waals surface area contributed by atoms with Crippen molar-refractivity contribution < 1.29 is 0 Å². The van der Waals surface area contributed by atoms with Crippen LogP contribution in [0.15, 0.2) is 31.1 Å². The van der Waals surface area contributed by atoms with E-state index in [1.54, 1.807) is 0 Å². The van der Waals surface area contributed by atoms with Gasteiger partial charge in [-0.05, 0) is 44.0 Å². The van der Waals surface area contributed by atoms with E-state index in [9.17, 15) is 0 Å². The number of fused-ring (bicyclic) bond motifs is 1. The Bertz CT molecular complexity index is 384. The molecule has 1 aliphatic rings. The number of rotatable bonds is 0. The molecule has 12 heavy (non-hydrogen) atoms. The summed E-state index contributed by atoms with van der Waals surface area (Å²) >= 11 is 6.85. The molecule has 2 rings (SSSR count).